The van der Waals surface area contributed by atoms with E-state index in [-0.39, 0.29) is 18.1 Å². The molecule has 0 aliphatic heterocycles. The van der Waals surface area contributed by atoms with Crippen LogP contribution in [0.3, 0.4) is 0 Å². The standard InChI is InChI=1S/C18H22ClN3O3/c1-11-16(19)12(2)22(21-11)14-8-6-13(7-9-14)17(24)25-10-15(23)20-18(3,4)5/h6-9H,10H2,1-5H3,(H,20,23). The molecular weight excluding hydrogens is 342 g/mol. The number of hydrogen-bond donors (Lipinski definition) is 1. The Morgan fingerprint density at radius 3 is 2.28 bits per heavy atom. The summed E-state index contributed by atoms with van der Waals surface area (Å²) in [6.45, 7) is 8.97. The van der Waals surface area contributed by atoms with Crippen LogP contribution in [0.1, 0.15) is 42.5 Å². The predicted molar refractivity (Wildman–Crippen MR) is 96.2 cm³/mol. The molecule has 1 aromatic carbocycles. The third-order valence-corrected chi connectivity index (χ3v) is 3.95. The summed E-state index contributed by atoms with van der Waals surface area (Å²) >= 11 is 6.15. The zero-order chi connectivity index (χ0) is 18.8. The van der Waals surface area contributed by atoms with Crippen molar-refractivity contribution in [2.45, 2.75) is 40.2 Å². The van der Waals surface area contributed by atoms with Gasteiger partial charge in [0.2, 0.25) is 0 Å². The van der Waals surface area contributed by atoms with Gasteiger partial charge in [-0.25, -0.2) is 9.48 Å². The van der Waals surface area contributed by atoms with E-state index in [0.717, 1.165) is 17.1 Å². The molecule has 0 aliphatic carbocycles. The number of amides is 1. The van der Waals surface area contributed by atoms with Gasteiger partial charge in [0.25, 0.3) is 5.91 Å². The highest BCUT2D eigenvalue weighted by molar-refractivity contribution is 6.31. The van der Waals surface area contributed by atoms with Crippen LogP contribution in [0, 0.1) is 13.8 Å². The fourth-order valence-corrected chi connectivity index (χ4v) is 2.40. The molecule has 0 aliphatic rings. The van der Waals surface area contributed by atoms with Crippen molar-refractivity contribution in [2.75, 3.05) is 6.61 Å². The number of esters is 1. The Morgan fingerprint density at radius 1 is 1.20 bits per heavy atom. The number of benzene rings is 1. The van der Waals surface area contributed by atoms with Gasteiger partial charge >= 0.3 is 5.97 Å². The predicted octanol–water partition coefficient (Wildman–Crippen LogP) is 3.21. The van der Waals surface area contributed by atoms with E-state index in [1.54, 1.807) is 28.9 Å². The van der Waals surface area contributed by atoms with Crippen LogP contribution in [0.5, 0.6) is 0 Å². The Bertz CT molecular complexity index is 789. The van der Waals surface area contributed by atoms with Crippen molar-refractivity contribution in [1.29, 1.82) is 0 Å². The van der Waals surface area contributed by atoms with Crippen LogP contribution in [-0.2, 0) is 9.53 Å². The van der Waals surface area contributed by atoms with E-state index in [0.29, 0.717) is 10.6 Å². The summed E-state index contributed by atoms with van der Waals surface area (Å²) in [6, 6.07) is 6.76. The van der Waals surface area contributed by atoms with Gasteiger partial charge < -0.3 is 10.1 Å². The summed E-state index contributed by atoms with van der Waals surface area (Å²) in [5, 5.41) is 7.71. The molecule has 0 atom stereocenters. The molecule has 0 saturated carbocycles. The molecule has 0 bridgehead atoms. The molecule has 1 aromatic heterocycles. The molecule has 1 amide bonds. The first kappa shape index (κ1) is 19.0. The minimum atomic E-state index is -0.554. The second kappa shape index (κ2) is 7.27. The first-order valence-corrected chi connectivity index (χ1v) is 8.26. The highest BCUT2D eigenvalue weighted by Gasteiger charge is 2.16. The van der Waals surface area contributed by atoms with Crippen molar-refractivity contribution in [2.24, 2.45) is 0 Å². The van der Waals surface area contributed by atoms with Gasteiger partial charge in [-0.3, -0.25) is 4.79 Å². The van der Waals surface area contributed by atoms with Crippen LogP contribution < -0.4 is 5.32 Å². The highest BCUT2D eigenvalue weighted by Crippen LogP contribution is 2.22. The van der Waals surface area contributed by atoms with Crippen molar-refractivity contribution in [1.82, 2.24) is 15.1 Å². The summed E-state index contributed by atoms with van der Waals surface area (Å²) < 4.78 is 6.75. The van der Waals surface area contributed by atoms with E-state index in [9.17, 15) is 9.59 Å². The number of aromatic nitrogens is 2. The molecule has 7 heteroatoms. The molecule has 134 valence electrons. The molecule has 2 rings (SSSR count). The molecule has 6 nitrogen and oxygen atoms in total. The van der Waals surface area contributed by atoms with Gasteiger partial charge in [-0.2, -0.15) is 5.10 Å². The number of ether oxygens (including phenoxy) is 1. The lowest BCUT2D eigenvalue weighted by Crippen LogP contribution is -2.42. The molecular formula is C18H22ClN3O3. The second-order valence-electron chi connectivity index (χ2n) is 6.82. The Hall–Kier alpha value is -2.34. The smallest absolute Gasteiger partial charge is 0.338 e. The Labute approximate surface area is 152 Å². The number of nitrogens with zero attached hydrogens (tertiary/aromatic N) is 2. The van der Waals surface area contributed by atoms with Crippen LogP contribution >= 0.6 is 11.6 Å². The number of hydrogen-bond acceptors (Lipinski definition) is 4. The van der Waals surface area contributed by atoms with Gasteiger partial charge in [-0.05, 0) is 58.9 Å². The average molecular weight is 364 g/mol. The third-order valence-electron chi connectivity index (χ3n) is 3.40. The lowest BCUT2D eigenvalue weighted by Gasteiger charge is -2.20. The summed E-state index contributed by atoms with van der Waals surface area (Å²) in [4.78, 5) is 23.7. The fourth-order valence-electron chi connectivity index (χ4n) is 2.28. The number of carbonyl (C=O) groups excluding carboxylic acids is 2. The first-order valence-electron chi connectivity index (χ1n) is 7.89. The Kier molecular flexibility index (Phi) is 5.52. The summed E-state index contributed by atoms with van der Waals surface area (Å²) in [6.07, 6.45) is 0. The molecule has 25 heavy (non-hydrogen) atoms. The Balaban J connectivity index is 2.03. The Morgan fingerprint density at radius 2 is 1.80 bits per heavy atom. The van der Waals surface area contributed by atoms with Gasteiger partial charge in [0, 0.05) is 5.54 Å². The maximum atomic E-state index is 12.0. The van der Waals surface area contributed by atoms with E-state index < -0.39 is 5.97 Å². The van der Waals surface area contributed by atoms with E-state index in [1.807, 2.05) is 34.6 Å². The van der Waals surface area contributed by atoms with E-state index in [4.69, 9.17) is 16.3 Å². The summed E-state index contributed by atoms with van der Waals surface area (Å²) in [7, 11) is 0. The monoisotopic (exact) mass is 363 g/mol. The van der Waals surface area contributed by atoms with Crippen molar-refractivity contribution >= 4 is 23.5 Å². The van der Waals surface area contributed by atoms with E-state index in [1.165, 1.54) is 0 Å². The normalized spacial score (nSPS) is 11.3. The molecule has 1 N–H and O–H groups in total. The van der Waals surface area contributed by atoms with Crippen LogP contribution in [0.25, 0.3) is 5.69 Å². The quantitative estimate of drug-likeness (QED) is 0.846. The van der Waals surface area contributed by atoms with Crippen molar-refractivity contribution in [3.8, 4) is 5.69 Å². The molecule has 0 radical (unpaired) electrons. The molecule has 1 heterocycles. The van der Waals surface area contributed by atoms with Gasteiger partial charge in [-0.15, -0.1) is 0 Å². The van der Waals surface area contributed by atoms with Gasteiger partial charge in [0.15, 0.2) is 6.61 Å². The molecule has 0 spiro atoms. The average Bonchev–Trinajstić information content (AvgIpc) is 2.79. The number of rotatable bonds is 4. The number of carbonyl (C=O) groups is 2. The highest BCUT2D eigenvalue weighted by atomic mass is 35.5. The maximum absolute atomic E-state index is 12.0. The SMILES string of the molecule is Cc1nn(-c2ccc(C(=O)OCC(=O)NC(C)(C)C)cc2)c(C)c1Cl. The summed E-state index contributed by atoms with van der Waals surface area (Å²) in [5.41, 5.74) is 2.35. The van der Waals surface area contributed by atoms with Gasteiger partial charge in [0.1, 0.15) is 0 Å². The lowest BCUT2D eigenvalue weighted by atomic mass is 10.1. The van der Waals surface area contributed by atoms with Crippen molar-refractivity contribution in [3.63, 3.8) is 0 Å². The van der Waals surface area contributed by atoms with Crippen molar-refractivity contribution in [3.05, 3.63) is 46.2 Å². The molecule has 0 unspecified atom stereocenters. The largest absolute Gasteiger partial charge is 0.452 e. The van der Waals surface area contributed by atoms with Gasteiger partial charge in [-0.1, -0.05) is 11.6 Å². The number of halogens is 1. The maximum Gasteiger partial charge on any atom is 0.338 e. The minimum absolute atomic E-state index is 0.315. The molecule has 2 aromatic rings. The number of aryl methyl sites for hydroxylation is 1. The topological polar surface area (TPSA) is 73.2 Å². The van der Waals surface area contributed by atoms with Crippen LogP contribution in [0.4, 0.5) is 0 Å². The zero-order valence-corrected chi connectivity index (χ0v) is 15.8. The van der Waals surface area contributed by atoms with E-state index in [2.05, 4.69) is 10.4 Å². The van der Waals surface area contributed by atoms with Crippen LogP contribution in [-0.4, -0.2) is 33.8 Å². The second-order valence-corrected chi connectivity index (χ2v) is 7.20. The number of nitrogens with one attached hydrogen (secondary N) is 1. The summed E-state index contributed by atoms with van der Waals surface area (Å²) in [5.74, 6) is -0.892. The van der Waals surface area contributed by atoms with Crippen LogP contribution in [0.2, 0.25) is 5.02 Å². The van der Waals surface area contributed by atoms with Crippen molar-refractivity contribution < 1.29 is 14.3 Å². The molecule has 0 saturated heterocycles. The van der Waals surface area contributed by atoms with Gasteiger partial charge in [0.05, 0.1) is 27.7 Å². The van der Waals surface area contributed by atoms with Crippen LogP contribution in [0.15, 0.2) is 24.3 Å². The zero-order valence-electron chi connectivity index (χ0n) is 15.0. The fraction of sp³-hybridized carbons (Fsp3) is 0.389. The minimum Gasteiger partial charge on any atom is -0.452 e. The first-order chi connectivity index (χ1) is 11.6. The lowest BCUT2D eigenvalue weighted by molar-refractivity contribution is -0.125. The van der Waals surface area contributed by atoms with E-state index >= 15 is 0 Å². The molecule has 0 fully saturated rings. The third kappa shape index (κ3) is 4.82.